The Balaban J connectivity index is 1.69. The van der Waals surface area contributed by atoms with Crippen LogP contribution in [0.5, 0.6) is 5.75 Å². The van der Waals surface area contributed by atoms with Crippen molar-refractivity contribution in [2.24, 2.45) is 0 Å². The highest BCUT2D eigenvalue weighted by molar-refractivity contribution is 6.09. The number of anilines is 1. The number of imidazole rings is 1. The number of nitrogens with zero attached hydrogens (tertiary/aromatic N) is 2. The molecule has 2 aromatic heterocycles. The maximum atomic E-state index is 12.8. The number of pyridine rings is 1. The van der Waals surface area contributed by atoms with Crippen molar-refractivity contribution >= 4 is 23.0 Å². The van der Waals surface area contributed by atoms with Crippen LogP contribution in [0.1, 0.15) is 33.9 Å². The van der Waals surface area contributed by atoms with E-state index in [0.29, 0.717) is 17.0 Å². The SMILES string of the molecule is COc1ccccc1NC(=O)c1nc(C(=O)NC2CC2)n2ccccc12. The molecular formula is C19H18N4O3. The zero-order valence-electron chi connectivity index (χ0n) is 14.2. The third kappa shape index (κ3) is 2.99. The average molecular weight is 350 g/mol. The van der Waals surface area contributed by atoms with Crippen LogP contribution < -0.4 is 15.4 Å². The number of carbonyl (C=O) groups is 2. The van der Waals surface area contributed by atoms with Crippen molar-refractivity contribution in [3.05, 3.63) is 60.2 Å². The number of hydrogen-bond acceptors (Lipinski definition) is 4. The van der Waals surface area contributed by atoms with E-state index in [1.807, 2.05) is 6.07 Å². The molecule has 1 fully saturated rings. The van der Waals surface area contributed by atoms with E-state index in [-0.39, 0.29) is 23.5 Å². The van der Waals surface area contributed by atoms with Gasteiger partial charge < -0.3 is 15.4 Å². The molecule has 2 amide bonds. The van der Waals surface area contributed by atoms with Crippen molar-refractivity contribution in [3.63, 3.8) is 0 Å². The summed E-state index contributed by atoms with van der Waals surface area (Å²) in [5.74, 6) is 0.0856. The van der Waals surface area contributed by atoms with Crippen molar-refractivity contribution in [2.75, 3.05) is 12.4 Å². The molecule has 1 aliphatic rings. The molecule has 1 aliphatic carbocycles. The molecule has 0 bridgehead atoms. The number of para-hydroxylation sites is 2. The quantitative estimate of drug-likeness (QED) is 0.740. The first-order valence-electron chi connectivity index (χ1n) is 8.39. The first-order chi connectivity index (χ1) is 12.7. The van der Waals surface area contributed by atoms with Gasteiger partial charge in [-0.2, -0.15) is 0 Å². The van der Waals surface area contributed by atoms with E-state index >= 15 is 0 Å². The topological polar surface area (TPSA) is 84.7 Å². The molecule has 2 N–H and O–H groups in total. The summed E-state index contributed by atoms with van der Waals surface area (Å²) >= 11 is 0. The highest BCUT2D eigenvalue weighted by Crippen LogP contribution is 2.25. The number of methoxy groups -OCH3 is 1. The average Bonchev–Trinajstić information content (AvgIpc) is 3.38. The Morgan fingerprint density at radius 3 is 2.65 bits per heavy atom. The van der Waals surface area contributed by atoms with Gasteiger partial charge in [-0.1, -0.05) is 18.2 Å². The van der Waals surface area contributed by atoms with Crippen LogP contribution in [0, 0.1) is 0 Å². The Bertz CT molecular complexity index is 991. The third-order valence-electron chi connectivity index (χ3n) is 4.23. The predicted octanol–water partition coefficient (Wildman–Crippen LogP) is 2.49. The summed E-state index contributed by atoms with van der Waals surface area (Å²) in [4.78, 5) is 29.6. The molecule has 0 radical (unpaired) electrons. The largest absolute Gasteiger partial charge is 0.495 e. The fourth-order valence-electron chi connectivity index (χ4n) is 2.77. The molecule has 0 spiro atoms. The lowest BCUT2D eigenvalue weighted by Crippen LogP contribution is -2.27. The van der Waals surface area contributed by atoms with E-state index in [2.05, 4.69) is 15.6 Å². The van der Waals surface area contributed by atoms with E-state index in [1.165, 1.54) is 7.11 Å². The lowest BCUT2D eigenvalue weighted by Gasteiger charge is -2.08. The number of benzene rings is 1. The molecule has 0 unspecified atom stereocenters. The smallest absolute Gasteiger partial charge is 0.287 e. The Kier molecular flexibility index (Phi) is 4.04. The molecule has 0 aliphatic heterocycles. The molecule has 4 rings (SSSR count). The Morgan fingerprint density at radius 1 is 1.12 bits per heavy atom. The molecule has 3 aromatic rings. The van der Waals surface area contributed by atoms with Crippen molar-refractivity contribution in [1.82, 2.24) is 14.7 Å². The lowest BCUT2D eigenvalue weighted by atomic mass is 10.2. The second-order valence-corrected chi connectivity index (χ2v) is 6.14. The number of aromatic nitrogens is 2. The van der Waals surface area contributed by atoms with Gasteiger partial charge in [0.25, 0.3) is 11.8 Å². The van der Waals surface area contributed by atoms with Gasteiger partial charge >= 0.3 is 0 Å². The van der Waals surface area contributed by atoms with Crippen LogP contribution in [0.25, 0.3) is 5.52 Å². The molecule has 2 heterocycles. The van der Waals surface area contributed by atoms with Crippen LogP contribution >= 0.6 is 0 Å². The number of amides is 2. The number of fused-ring (bicyclic) bond motifs is 1. The van der Waals surface area contributed by atoms with Crippen molar-refractivity contribution in [1.29, 1.82) is 0 Å². The van der Waals surface area contributed by atoms with E-state index < -0.39 is 5.91 Å². The number of carbonyl (C=O) groups excluding carboxylic acids is 2. The van der Waals surface area contributed by atoms with Crippen LogP contribution in [-0.4, -0.2) is 34.4 Å². The van der Waals surface area contributed by atoms with Crippen molar-refractivity contribution < 1.29 is 14.3 Å². The summed E-state index contributed by atoms with van der Waals surface area (Å²) in [5.41, 5.74) is 1.30. The summed E-state index contributed by atoms with van der Waals surface area (Å²) in [6.45, 7) is 0. The maximum absolute atomic E-state index is 12.8. The van der Waals surface area contributed by atoms with Crippen LogP contribution in [0.15, 0.2) is 48.7 Å². The van der Waals surface area contributed by atoms with Gasteiger partial charge in [-0.25, -0.2) is 4.98 Å². The summed E-state index contributed by atoms with van der Waals surface area (Å²) in [5, 5.41) is 5.71. The summed E-state index contributed by atoms with van der Waals surface area (Å²) in [6.07, 6.45) is 3.69. The minimum Gasteiger partial charge on any atom is -0.495 e. The van der Waals surface area contributed by atoms with Gasteiger partial charge in [0.15, 0.2) is 5.69 Å². The Labute approximate surface area is 150 Å². The maximum Gasteiger partial charge on any atom is 0.287 e. The van der Waals surface area contributed by atoms with Gasteiger partial charge in [0, 0.05) is 12.2 Å². The molecule has 132 valence electrons. The van der Waals surface area contributed by atoms with Crippen molar-refractivity contribution in [3.8, 4) is 5.75 Å². The van der Waals surface area contributed by atoms with E-state index in [0.717, 1.165) is 12.8 Å². The fraction of sp³-hybridized carbons (Fsp3) is 0.211. The number of ether oxygens (including phenoxy) is 1. The van der Waals surface area contributed by atoms with Gasteiger partial charge in [0.05, 0.1) is 18.3 Å². The third-order valence-corrected chi connectivity index (χ3v) is 4.23. The minimum atomic E-state index is -0.399. The molecule has 7 nitrogen and oxygen atoms in total. The molecule has 1 aromatic carbocycles. The first kappa shape index (κ1) is 16.1. The summed E-state index contributed by atoms with van der Waals surface area (Å²) in [7, 11) is 1.54. The second-order valence-electron chi connectivity index (χ2n) is 6.14. The van der Waals surface area contributed by atoms with Gasteiger partial charge in [0.2, 0.25) is 5.82 Å². The van der Waals surface area contributed by atoms with Crippen LogP contribution in [0.2, 0.25) is 0 Å². The molecule has 7 heteroatoms. The first-order valence-corrected chi connectivity index (χ1v) is 8.39. The molecule has 0 saturated heterocycles. The highest BCUT2D eigenvalue weighted by Gasteiger charge is 2.27. The predicted molar refractivity (Wildman–Crippen MR) is 96.6 cm³/mol. The lowest BCUT2D eigenvalue weighted by molar-refractivity contribution is 0.0940. The molecular weight excluding hydrogens is 332 g/mol. The molecule has 0 atom stereocenters. The van der Waals surface area contributed by atoms with Gasteiger partial charge in [-0.05, 0) is 37.1 Å². The standard InChI is InChI=1S/C19H18N4O3/c1-26-15-8-3-2-6-13(15)21-18(24)16-14-7-4-5-11-23(14)17(22-16)19(25)20-12-9-10-12/h2-8,11-12H,9-10H2,1H3,(H,20,25)(H,21,24). The van der Waals surface area contributed by atoms with Gasteiger partial charge in [0.1, 0.15) is 5.75 Å². The monoisotopic (exact) mass is 350 g/mol. The second kappa shape index (κ2) is 6.51. The van der Waals surface area contributed by atoms with Crippen molar-refractivity contribution in [2.45, 2.75) is 18.9 Å². The highest BCUT2D eigenvalue weighted by atomic mass is 16.5. The molecule has 1 saturated carbocycles. The molecule has 26 heavy (non-hydrogen) atoms. The van der Waals surface area contributed by atoms with E-state index in [9.17, 15) is 9.59 Å². The summed E-state index contributed by atoms with van der Waals surface area (Å²) < 4.78 is 6.89. The van der Waals surface area contributed by atoms with Crippen LogP contribution in [-0.2, 0) is 0 Å². The van der Waals surface area contributed by atoms with Crippen LogP contribution in [0.3, 0.4) is 0 Å². The number of hydrogen-bond donors (Lipinski definition) is 2. The Hall–Kier alpha value is -3.35. The number of rotatable bonds is 5. The Morgan fingerprint density at radius 2 is 1.88 bits per heavy atom. The summed E-state index contributed by atoms with van der Waals surface area (Å²) in [6, 6.07) is 12.7. The number of nitrogens with one attached hydrogen (secondary N) is 2. The normalized spacial score (nSPS) is 13.4. The van der Waals surface area contributed by atoms with Gasteiger partial charge in [-0.15, -0.1) is 0 Å². The minimum absolute atomic E-state index is 0.192. The van der Waals surface area contributed by atoms with Gasteiger partial charge in [-0.3, -0.25) is 14.0 Å². The zero-order valence-corrected chi connectivity index (χ0v) is 14.2. The van der Waals surface area contributed by atoms with E-state index in [1.54, 1.807) is 47.0 Å². The zero-order chi connectivity index (χ0) is 18.1. The van der Waals surface area contributed by atoms with E-state index in [4.69, 9.17) is 4.74 Å². The van der Waals surface area contributed by atoms with Crippen LogP contribution in [0.4, 0.5) is 5.69 Å². The fourth-order valence-corrected chi connectivity index (χ4v) is 2.77.